The van der Waals surface area contributed by atoms with E-state index in [0.29, 0.717) is 17.1 Å². The molecule has 0 atom stereocenters. The summed E-state index contributed by atoms with van der Waals surface area (Å²) < 4.78 is 0. The van der Waals surface area contributed by atoms with Gasteiger partial charge in [-0.3, -0.25) is 9.69 Å². The fraction of sp³-hybridized carbons (Fsp3) is 0.500. The van der Waals surface area contributed by atoms with Gasteiger partial charge in [0.25, 0.3) is 0 Å². The van der Waals surface area contributed by atoms with Crippen molar-refractivity contribution in [3.05, 3.63) is 28.3 Å². The average Bonchev–Trinajstić information content (AvgIpc) is 2.34. The predicted octanol–water partition coefficient (Wildman–Crippen LogP) is 3.23. The number of likely N-dealkylation sites (tertiary alicyclic amines) is 1. The topological polar surface area (TPSA) is 40.5 Å². The van der Waals surface area contributed by atoms with E-state index in [0.717, 1.165) is 18.7 Å². The number of rotatable bonds is 3. The average molecular weight is 268 g/mol. The lowest BCUT2D eigenvalue weighted by Crippen LogP contribution is -2.29. The van der Waals surface area contributed by atoms with Crippen LogP contribution in [0.2, 0.25) is 5.02 Å². The molecule has 18 heavy (non-hydrogen) atoms. The van der Waals surface area contributed by atoms with Crippen molar-refractivity contribution in [2.75, 3.05) is 13.1 Å². The first-order valence-corrected chi connectivity index (χ1v) is 6.70. The van der Waals surface area contributed by atoms with Gasteiger partial charge in [0.2, 0.25) is 0 Å². The van der Waals surface area contributed by atoms with E-state index in [1.54, 1.807) is 6.07 Å². The molecule has 0 aliphatic carbocycles. The van der Waals surface area contributed by atoms with Crippen LogP contribution in [0.3, 0.4) is 0 Å². The lowest BCUT2D eigenvalue weighted by Gasteiger charge is -2.27. The van der Waals surface area contributed by atoms with Crippen LogP contribution in [0.15, 0.2) is 12.1 Å². The van der Waals surface area contributed by atoms with Crippen molar-refractivity contribution < 1.29 is 9.90 Å². The minimum atomic E-state index is -0.158. The van der Waals surface area contributed by atoms with Crippen LogP contribution in [-0.2, 0) is 6.54 Å². The Morgan fingerprint density at radius 1 is 1.33 bits per heavy atom. The molecule has 2 rings (SSSR count). The summed E-state index contributed by atoms with van der Waals surface area (Å²) in [7, 11) is 0. The van der Waals surface area contributed by atoms with Gasteiger partial charge < -0.3 is 5.11 Å². The lowest BCUT2D eigenvalue weighted by atomic mass is 10.0. The van der Waals surface area contributed by atoms with E-state index in [-0.39, 0.29) is 11.5 Å². The van der Waals surface area contributed by atoms with Crippen molar-refractivity contribution >= 4 is 17.4 Å². The molecule has 1 saturated heterocycles. The Kier molecular flexibility index (Phi) is 4.25. The second kappa shape index (κ2) is 5.72. The van der Waals surface area contributed by atoms with Crippen LogP contribution in [0.1, 0.15) is 42.1 Å². The van der Waals surface area contributed by atoms with Crippen LogP contribution in [-0.4, -0.2) is 28.9 Å². The minimum Gasteiger partial charge on any atom is -0.507 e. The largest absolute Gasteiger partial charge is 0.507 e. The maximum absolute atomic E-state index is 11.4. The SMILES string of the molecule is CC(=O)c1cc(Cl)cc(CN2CCCCC2)c1O. The van der Waals surface area contributed by atoms with E-state index in [9.17, 15) is 9.90 Å². The van der Waals surface area contributed by atoms with Crippen molar-refractivity contribution in [2.45, 2.75) is 32.7 Å². The van der Waals surface area contributed by atoms with Crippen LogP contribution in [0, 0.1) is 0 Å². The minimum absolute atomic E-state index is 0.0810. The van der Waals surface area contributed by atoms with Crippen molar-refractivity contribution in [2.24, 2.45) is 0 Å². The molecule has 0 amide bonds. The van der Waals surface area contributed by atoms with Gasteiger partial charge in [-0.25, -0.2) is 0 Å². The highest BCUT2D eigenvalue weighted by Crippen LogP contribution is 2.29. The van der Waals surface area contributed by atoms with E-state index in [1.165, 1.54) is 32.3 Å². The van der Waals surface area contributed by atoms with Crippen LogP contribution in [0.4, 0.5) is 0 Å². The van der Waals surface area contributed by atoms with Crippen molar-refractivity contribution in [3.63, 3.8) is 0 Å². The quantitative estimate of drug-likeness (QED) is 0.855. The van der Waals surface area contributed by atoms with E-state index in [2.05, 4.69) is 4.90 Å². The molecule has 0 bridgehead atoms. The number of halogens is 1. The normalized spacial score (nSPS) is 16.8. The summed E-state index contributed by atoms with van der Waals surface area (Å²) in [6.07, 6.45) is 3.67. The Morgan fingerprint density at radius 2 is 2.00 bits per heavy atom. The Morgan fingerprint density at radius 3 is 2.61 bits per heavy atom. The Bertz CT molecular complexity index is 453. The van der Waals surface area contributed by atoms with Gasteiger partial charge in [0, 0.05) is 17.1 Å². The zero-order valence-electron chi connectivity index (χ0n) is 10.6. The Balaban J connectivity index is 2.23. The van der Waals surface area contributed by atoms with Crippen molar-refractivity contribution in [1.82, 2.24) is 4.90 Å². The number of Topliss-reactive ketones (excluding diaryl/α,β-unsaturated/α-hetero) is 1. The number of hydrogen-bond acceptors (Lipinski definition) is 3. The van der Waals surface area contributed by atoms with Crippen LogP contribution >= 0.6 is 11.6 Å². The molecule has 0 aromatic heterocycles. The van der Waals surface area contributed by atoms with Gasteiger partial charge in [0.1, 0.15) is 5.75 Å². The highest BCUT2D eigenvalue weighted by Gasteiger charge is 2.16. The zero-order chi connectivity index (χ0) is 13.1. The maximum Gasteiger partial charge on any atom is 0.163 e. The second-order valence-corrected chi connectivity index (χ2v) is 5.29. The number of aromatic hydroxyl groups is 1. The predicted molar refractivity (Wildman–Crippen MR) is 72.2 cm³/mol. The second-order valence-electron chi connectivity index (χ2n) is 4.85. The molecule has 0 unspecified atom stereocenters. The molecule has 1 heterocycles. The molecule has 1 fully saturated rings. The fourth-order valence-corrected chi connectivity index (χ4v) is 2.64. The van der Waals surface area contributed by atoms with E-state index in [4.69, 9.17) is 11.6 Å². The number of hydrogen-bond donors (Lipinski definition) is 1. The van der Waals surface area contributed by atoms with Crippen molar-refractivity contribution in [3.8, 4) is 5.75 Å². The molecule has 0 saturated carbocycles. The van der Waals surface area contributed by atoms with E-state index >= 15 is 0 Å². The van der Waals surface area contributed by atoms with Gasteiger partial charge in [-0.05, 0) is 45.0 Å². The molecular formula is C14H18ClNO2. The summed E-state index contributed by atoms with van der Waals surface area (Å²) in [6.45, 7) is 4.19. The number of nitrogens with zero attached hydrogens (tertiary/aromatic N) is 1. The molecule has 3 nitrogen and oxygen atoms in total. The first-order valence-electron chi connectivity index (χ1n) is 6.32. The third-order valence-corrected chi connectivity index (χ3v) is 3.59. The molecule has 1 aromatic carbocycles. The molecule has 0 spiro atoms. The van der Waals surface area contributed by atoms with E-state index in [1.807, 2.05) is 0 Å². The number of ketones is 1. The third-order valence-electron chi connectivity index (χ3n) is 3.38. The molecule has 1 aliphatic rings. The monoisotopic (exact) mass is 267 g/mol. The van der Waals surface area contributed by atoms with Crippen LogP contribution in [0.25, 0.3) is 0 Å². The third kappa shape index (κ3) is 3.03. The molecule has 98 valence electrons. The van der Waals surface area contributed by atoms with E-state index < -0.39 is 0 Å². The van der Waals surface area contributed by atoms with Gasteiger partial charge in [-0.2, -0.15) is 0 Å². The maximum atomic E-state index is 11.4. The molecule has 4 heteroatoms. The number of phenolic OH excluding ortho intramolecular Hbond substituents is 1. The molecule has 1 aliphatic heterocycles. The Labute approximate surface area is 112 Å². The summed E-state index contributed by atoms with van der Waals surface area (Å²) in [5, 5.41) is 10.6. The number of carbonyl (C=O) groups excluding carboxylic acids is 1. The number of phenols is 1. The molecule has 0 radical (unpaired) electrons. The number of carbonyl (C=O) groups is 1. The molecule has 1 aromatic rings. The number of benzene rings is 1. The first-order chi connectivity index (χ1) is 8.58. The smallest absolute Gasteiger partial charge is 0.163 e. The summed E-state index contributed by atoms with van der Waals surface area (Å²) in [5.41, 5.74) is 1.06. The van der Waals surface area contributed by atoms with Crippen LogP contribution in [0.5, 0.6) is 5.75 Å². The fourth-order valence-electron chi connectivity index (χ4n) is 2.40. The van der Waals surface area contributed by atoms with Gasteiger partial charge in [0.05, 0.1) is 5.56 Å². The standard InChI is InChI=1S/C14H18ClNO2/c1-10(17)13-8-12(15)7-11(14(13)18)9-16-5-3-2-4-6-16/h7-8,18H,2-6,9H2,1H3. The van der Waals surface area contributed by atoms with Gasteiger partial charge in [-0.1, -0.05) is 18.0 Å². The first kappa shape index (κ1) is 13.4. The number of piperidine rings is 1. The lowest BCUT2D eigenvalue weighted by molar-refractivity contribution is 0.101. The zero-order valence-corrected chi connectivity index (χ0v) is 11.3. The summed E-state index contributed by atoms with van der Waals surface area (Å²) in [4.78, 5) is 13.7. The summed E-state index contributed by atoms with van der Waals surface area (Å²) >= 11 is 6.00. The molecule has 1 N–H and O–H groups in total. The van der Waals surface area contributed by atoms with Gasteiger partial charge in [0.15, 0.2) is 5.78 Å². The highest BCUT2D eigenvalue weighted by molar-refractivity contribution is 6.31. The molecular weight excluding hydrogens is 250 g/mol. The van der Waals surface area contributed by atoms with Crippen LogP contribution < -0.4 is 0 Å². The van der Waals surface area contributed by atoms with Gasteiger partial charge >= 0.3 is 0 Å². The Hall–Kier alpha value is -1.06. The summed E-state index contributed by atoms with van der Waals surface area (Å²) in [6, 6.07) is 3.27. The van der Waals surface area contributed by atoms with Gasteiger partial charge in [-0.15, -0.1) is 0 Å². The highest BCUT2D eigenvalue weighted by atomic mass is 35.5. The van der Waals surface area contributed by atoms with Crippen molar-refractivity contribution in [1.29, 1.82) is 0 Å². The summed E-state index contributed by atoms with van der Waals surface area (Å²) in [5.74, 6) is -0.0765.